The maximum absolute atomic E-state index is 13.0. The van der Waals surface area contributed by atoms with E-state index < -0.39 is 0 Å². The van der Waals surface area contributed by atoms with Crippen LogP contribution in [0, 0.1) is 6.92 Å². The van der Waals surface area contributed by atoms with E-state index in [0.29, 0.717) is 32.2 Å². The molecule has 1 aliphatic carbocycles. The lowest BCUT2D eigenvalue weighted by Crippen LogP contribution is -2.36. The van der Waals surface area contributed by atoms with Gasteiger partial charge in [0, 0.05) is 11.1 Å². The summed E-state index contributed by atoms with van der Waals surface area (Å²) in [6.07, 6.45) is 7.14. The van der Waals surface area contributed by atoms with E-state index in [1.807, 2.05) is 25.1 Å². The van der Waals surface area contributed by atoms with Crippen LogP contribution in [0.1, 0.15) is 52.9 Å². The number of benzene rings is 1. The standard InChI is InChI=1S/C21H22ClN3O2S/c1-13-17-20(28-18(13)19(26)24-15-8-3-2-4-9-15)23-12-25(21(17)27)11-14-7-5-6-10-16(14)22/h5-7,10,12,15H,2-4,8-9,11H2,1H3,(H,24,26). The summed E-state index contributed by atoms with van der Waals surface area (Å²) >= 11 is 7.52. The molecule has 0 saturated heterocycles. The number of hydrogen-bond donors (Lipinski definition) is 1. The number of hydrogen-bond acceptors (Lipinski definition) is 4. The predicted octanol–water partition coefficient (Wildman–Crippen LogP) is 4.53. The van der Waals surface area contributed by atoms with E-state index in [0.717, 1.165) is 31.2 Å². The second-order valence-corrected chi connectivity index (χ2v) is 8.72. The molecule has 0 unspecified atom stereocenters. The summed E-state index contributed by atoms with van der Waals surface area (Å²) in [5, 5.41) is 4.27. The molecule has 1 aliphatic rings. The molecular formula is C21H22ClN3O2S. The number of carbonyl (C=O) groups is 1. The van der Waals surface area contributed by atoms with Crippen molar-refractivity contribution in [1.82, 2.24) is 14.9 Å². The Labute approximate surface area is 172 Å². The van der Waals surface area contributed by atoms with Crippen molar-refractivity contribution in [3.8, 4) is 0 Å². The van der Waals surface area contributed by atoms with Crippen LogP contribution in [0.15, 0.2) is 35.4 Å². The molecule has 1 N–H and O–H groups in total. The maximum Gasteiger partial charge on any atom is 0.262 e. The molecule has 0 atom stereocenters. The van der Waals surface area contributed by atoms with Crippen molar-refractivity contribution in [3.05, 3.63) is 62.0 Å². The second-order valence-electron chi connectivity index (χ2n) is 7.31. The monoisotopic (exact) mass is 415 g/mol. The van der Waals surface area contributed by atoms with Crippen LogP contribution in [0.3, 0.4) is 0 Å². The Kier molecular flexibility index (Phi) is 5.51. The zero-order valence-electron chi connectivity index (χ0n) is 15.7. The SMILES string of the molecule is Cc1c(C(=O)NC2CCCCC2)sc2ncn(Cc3ccccc3Cl)c(=O)c12. The summed E-state index contributed by atoms with van der Waals surface area (Å²) in [4.78, 5) is 31.5. The molecule has 0 bridgehead atoms. The molecule has 0 radical (unpaired) electrons. The van der Waals surface area contributed by atoms with Gasteiger partial charge < -0.3 is 5.32 Å². The maximum atomic E-state index is 13.0. The Morgan fingerprint density at radius 1 is 1.29 bits per heavy atom. The number of nitrogens with one attached hydrogen (secondary N) is 1. The van der Waals surface area contributed by atoms with Gasteiger partial charge in [-0.25, -0.2) is 4.98 Å². The van der Waals surface area contributed by atoms with Gasteiger partial charge in [-0.15, -0.1) is 11.3 Å². The number of halogens is 1. The molecule has 5 nitrogen and oxygen atoms in total. The quantitative estimate of drug-likeness (QED) is 0.680. The van der Waals surface area contributed by atoms with E-state index in [1.165, 1.54) is 24.1 Å². The molecule has 1 amide bonds. The smallest absolute Gasteiger partial charge is 0.262 e. The van der Waals surface area contributed by atoms with Gasteiger partial charge in [-0.05, 0) is 37.0 Å². The van der Waals surface area contributed by atoms with E-state index in [9.17, 15) is 9.59 Å². The lowest BCUT2D eigenvalue weighted by Gasteiger charge is -2.22. The first kappa shape index (κ1) is 19.2. The number of aromatic nitrogens is 2. The Balaban J connectivity index is 1.65. The van der Waals surface area contributed by atoms with E-state index in [2.05, 4.69) is 10.3 Å². The number of fused-ring (bicyclic) bond motifs is 1. The van der Waals surface area contributed by atoms with Gasteiger partial charge in [-0.2, -0.15) is 0 Å². The van der Waals surface area contributed by atoms with Crippen LogP contribution in [-0.2, 0) is 6.54 Å². The highest BCUT2D eigenvalue weighted by Crippen LogP contribution is 2.28. The Hall–Kier alpha value is -2.18. The lowest BCUT2D eigenvalue weighted by molar-refractivity contribution is 0.0931. The van der Waals surface area contributed by atoms with Crippen LogP contribution in [0.5, 0.6) is 0 Å². The predicted molar refractivity (Wildman–Crippen MR) is 114 cm³/mol. The largest absolute Gasteiger partial charge is 0.349 e. The summed E-state index contributed by atoms with van der Waals surface area (Å²) in [5.74, 6) is -0.0931. The van der Waals surface area contributed by atoms with E-state index in [1.54, 1.807) is 10.6 Å². The molecule has 3 aromatic rings. The fourth-order valence-electron chi connectivity index (χ4n) is 3.80. The Morgan fingerprint density at radius 2 is 2.04 bits per heavy atom. The van der Waals surface area contributed by atoms with Gasteiger partial charge in [0.2, 0.25) is 0 Å². The Morgan fingerprint density at radius 3 is 2.79 bits per heavy atom. The number of nitrogens with zero attached hydrogens (tertiary/aromatic N) is 2. The molecule has 0 spiro atoms. The van der Waals surface area contributed by atoms with Crippen molar-refractivity contribution < 1.29 is 4.79 Å². The highest BCUT2D eigenvalue weighted by Gasteiger charge is 2.22. The normalized spacial score (nSPS) is 15.1. The van der Waals surface area contributed by atoms with Crippen LogP contribution in [0.4, 0.5) is 0 Å². The molecule has 4 rings (SSSR count). The van der Waals surface area contributed by atoms with Gasteiger partial charge in [0.1, 0.15) is 4.83 Å². The van der Waals surface area contributed by atoms with Crippen molar-refractivity contribution in [2.75, 3.05) is 0 Å². The van der Waals surface area contributed by atoms with Crippen molar-refractivity contribution >= 4 is 39.1 Å². The second kappa shape index (κ2) is 8.05. The molecule has 1 aromatic carbocycles. The molecule has 2 aromatic heterocycles. The van der Waals surface area contributed by atoms with Crippen LogP contribution < -0.4 is 10.9 Å². The minimum Gasteiger partial charge on any atom is -0.349 e. The molecule has 1 saturated carbocycles. The van der Waals surface area contributed by atoms with Gasteiger partial charge in [-0.1, -0.05) is 49.1 Å². The zero-order valence-corrected chi connectivity index (χ0v) is 17.3. The summed E-state index contributed by atoms with van der Waals surface area (Å²) in [6.45, 7) is 2.18. The highest BCUT2D eigenvalue weighted by atomic mass is 35.5. The third-order valence-electron chi connectivity index (χ3n) is 5.36. The minimum atomic E-state index is -0.143. The third-order valence-corrected chi connectivity index (χ3v) is 6.93. The summed E-state index contributed by atoms with van der Waals surface area (Å²) in [7, 11) is 0. The molecule has 146 valence electrons. The van der Waals surface area contributed by atoms with Crippen LogP contribution in [0.25, 0.3) is 10.2 Å². The summed E-state index contributed by atoms with van der Waals surface area (Å²) in [5.41, 5.74) is 1.42. The molecule has 1 fully saturated rings. The van der Waals surface area contributed by atoms with E-state index in [-0.39, 0.29) is 17.5 Å². The van der Waals surface area contributed by atoms with Crippen molar-refractivity contribution in [3.63, 3.8) is 0 Å². The lowest BCUT2D eigenvalue weighted by atomic mass is 9.95. The fourth-order valence-corrected chi connectivity index (χ4v) is 5.03. The van der Waals surface area contributed by atoms with Crippen LogP contribution in [-0.4, -0.2) is 21.5 Å². The summed E-state index contributed by atoms with van der Waals surface area (Å²) < 4.78 is 1.55. The third kappa shape index (κ3) is 3.71. The highest BCUT2D eigenvalue weighted by molar-refractivity contribution is 7.20. The topological polar surface area (TPSA) is 64.0 Å². The van der Waals surface area contributed by atoms with Crippen LogP contribution >= 0.6 is 22.9 Å². The number of carbonyl (C=O) groups excluding carboxylic acids is 1. The van der Waals surface area contributed by atoms with E-state index >= 15 is 0 Å². The molecule has 2 heterocycles. The van der Waals surface area contributed by atoms with Gasteiger partial charge in [-0.3, -0.25) is 14.2 Å². The van der Waals surface area contributed by atoms with Gasteiger partial charge in [0.15, 0.2) is 0 Å². The average molecular weight is 416 g/mol. The van der Waals surface area contributed by atoms with E-state index in [4.69, 9.17) is 11.6 Å². The van der Waals surface area contributed by atoms with Crippen molar-refractivity contribution in [2.45, 2.75) is 51.6 Å². The average Bonchev–Trinajstić information content (AvgIpc) is 3.04. The van der Waals surface area contributed by atoms with Gasteiger partial charge in [0.25, 0.3) is 11.5 Å². The van der Waals surface area contributed by atoms with Gasteiger partial charge >= 0.3 is 0 Å². The first-order valence-electron chi connectivity index (χ1n) is 9.57. The molecule has 28 heavy (non-hydrogen) atoms. The fraction of sp³-hybridized carbons (Fsp3) is 0.381. The number of thiophene rings is 1. The van der Waals surface area contributed by atoms with Crippen LogP contribution in [0.2, 0.25) is 5.02 Å². The number of rotatable bonds is 4. The Bertz CT molecular complexity index is 1080. The summed E-state index contributed by atoms with van der Waals surface area (Å²) in [6, 6.07) is 7.67. The number of aryl methyl sites for hydroxylation is 1. The minimum absolute atomic E-state index is 0.0931. The molecular weight excluding hydrogens is 394 g/mol. The van der Waals surface area contributed by atoms with Crippen molar-refractivity contribution in [1.29, 1.82) is 0 Å². The van der Waals surface area contributed by atoms with Crippen molar-refractivity contribution in [2.24, 2.45) is 0 Å². The first-order chi connectivity index (χ1) is 13.5. The molecule has 7 heteroatoms. The van der Waals surface area contributed by atoms with Gasteiger partial charge in [0.05, 0.1) is 23.1 Å². The zero-order chi connectivity index (χ0) is 19.7. The first-order valence-corrected chi connectivity index (χ1v) is 10.8. The number of amides is 1. The molecule has 0 aliphatic heterocycles.